The number of alkyl carbamates (subject to hydrolysis) is 1. The average molecular weight is 339 g/mol. The molecule has 0 saturated heterocycles. The van der Waals surface area contributed by atoms with Crippen LogP contribution in [0.15, 0.2) is 60.7 Å². The zero-order chi connectivity index (χ0) is 17.6. The predicted molar refractivity (Wildman–Crippen MR) is 92.6 cm³/mol. The van der Waals surface area contributed by atoms with E-state index in [4.69, 9.17) is 9.47 Å². The topological polar surface area (TPSA) is 64.6 Å². The van der Waals surface area contributed by atoms with E-state index in [9.17, 15) is 9.59 Å². The first kappa shape index (κ1) is 17.0. The van der Waals surface area contributed by atoms with E-state index in [-0.39, 0.29) is 30.5 Å². The third-order valence-corrected chi connectivity index (χ3v) is 4.42. The van der Waals surface area contributed by atoms with E-state index in [1.165, 1.54) is 7.11 Å². The number of benzene rings is 2. The van der Waals surface area contributed by atoms with Gasteiger partial charge in [-0.15, -0.1) is 0 Å². The van der Waals surface area contributed by atoms with Crippen LogP contribution in [0.2, 0.25) is 0 Å². The van der Waals surface area contributed by atoms with Gasteiger partial charge in [-0.1, -0.05) is 60.7 Å². The molecule has 0 aromatic heterocycles. The lowest BCUT2D eigenvalue weighted by atomic mass is 10.0. The van der Waals surface area contributed by atoms with E-state index in [1.54, 1.807) is 0 Å². The second-order valence-electron chi connectivity index (χ2n) is 6.12. The lowest BCUT2D eigenvalue weighted by molar-refractivity contribution is -0.142. The average Bonchev–Trinajstić information content (AvgIpc) is 3.46. The highest BCUT2D eigenvalue weighted by atomic mass is 16.5. The Morgan fingerprint density at radius 1 is 1.08 bits per heavy atom. The molecule has 25 heavy (non-hydrogen) atoms. The quantitative estimate of drug-likeness (QED) is 0.819. The molecular formula is C20H21NO4. The Morgan fingerprint density at radius 2 is 1.72 bits per heavy atom. The molecule has 2 aromatic rings. The molecule has 130 valence electrons. The first-order valence-electron chi connectivity index (χ1n) is 8.29. The van der Waals surface area contributed by atoms with E-state index in [2.05, 4.69) is 5.32 Å². The van der Waals surface area contributed by atoms with Crippen molar-refractivity contribution in [1.29, 1.82) is 0 Å². The van der Waals surface area contributed by atoms with Crippen LogP contribution in [-0.4, -0.2) is 19.2 Å². The maximum atomic E-state index is 12.2. The fourth-order valence-corrected chi connectivity index (χ4v) is 3.00. The number of rotatable bonds is 6. The van der Waals surface area contributed by atoms with Crippen molar-refractivity contribution in [2.45, 2.75) is 19.1 Å². The van der Waals surface area contributed by atoms with Crippen LogP contribution in [0.1, 0.15) is 23.6 Å². The molecule has 3 rings (SSSR count). The van der Waals surface area contributed by atoms with E-state index >= 15 is 0 Å². The third kappa shape index (κ3) is 4.38. The zero-order valence-electron chi connectivity index (χ0n) is 14.1. The van der Waals surface area contributed by atoms with Gasteiger partial charge in [-0.3, -0.25) is 4.79 Å². The van der Waals surface area contributed by atoms with Gasteiger partial charge in [0.25, 0.3) is 0 Å². The highest BCUT2D eigenvalue weighted by Gasteiger charge is 2.49. The molecule has 2 aromatic carbocycles. The van der Waals surface area contributed by atoms with Crippen LogP contribution in [0.3, 0.4) is 0 Å². The number of carbonyl (C=O) groups is 2. The summed E-state index contributed by atoms with van der Waals surface area (Å²) in [6, 6.07) is 18.9. The summed E-state index contributed by atoms with van der Waals surface area (Å²) >= 11 is 0. The Balaban J connectivity index is 1.64. The number of carbonyl (C=O) groups excluding carboxylic acids is 2. The van der Waals surface area contributed by atoms with Gasteiger partial charge in [-0.05, 0) is 23.5 Å². The summed E-state index contributed by atoms with van der Waals surface area (Å²) in [5.41, 5.74) is 1.88. The molecule has 1 N–H and O–H groups in total. The molecule has 0 unspecified atom stereocenters. The molecule has 0 bridgehead atoms. The summed E-state index contributed by atoms with van der Waals surface area (Å²) in [4.78, 5) is 24.0. The SMILES string of the molecule is COC(=O)[C@@H]1C[C@@H]1[C@@H](NC(=O)OCc1ccccc1)c1ccccc1. The fourth-order valence-electron chi connectivity index (χ4n) is 3.00. The van der Waals surface area contributed by atoms with Crippen LogP contribution in [0, 0.1) is 11.8 Å². The number of ether oxygens (including phenoxy) is 2. The Labute approximate surface area is 147 Å². The van der Waals surface area contributed by atoms with Crippen LogP contribution >= 0.6 is 0 Å². The van der Waals surface area contributed by atoms with Gasteiger partial charge in [0.05, 0.1) is 19.1 Å². The van der Waals surface area contributed by atoms with Gasteiger partial charge in [0.15, 0.2) is 0 Å². The number of nitrogens with one attached hydrogen (secondary N) is 1. The molecule has 1 amide bonds. The largest absolute Gasteiger partial charge is 0.469 e. The van der Waals surface area contributed by atoms with Crippen LogP contribution < -0.4 is 5.32 Å². The Hall–Kier alpha value is -2.82. The lowest BCUT2D eigenvalue weighted by Gasteiger charge is -2.19. The van der Waals surface area contributed by atoms with Gasteiger partial charge in [-0.25, -0.2) is 4.79 Å². The van der Waals surface area contributed by atoms with Crippen molar-refractivity contribution in [1.82, 2.24) is 5.32 Å². The van der Waals surface area contributed by atoms with Crippen molar-refractivity contribution in [3.8, 4) is 0 Å². The fraction of sp³-hybridized carbons (Fsp3) is 0.300. The summed E-state index contributed by atoms with van der Waals surface area (Å²) in [6.07, 6.45) is 0.207. The number of methoxy groups -OCH3 is 1. The molecule has 0 spiro atoms. The van der Waals surface area contributed by atoms with E-state index in [1.807, 2.05) is 60.7 Å². The van der Waals surface area contributed by atoms with Gasteiger partial charge in [0.1, 0.15) is 6.61 Å². The van der Waals surface area contributed by atoms with Gasteiger partial charge in [0.2, 0.25) is 0 Å². The Morgan fingerprint density at radius 3 is 2.36 bits per heavy atom. The molecule has 0 heterocycles. The van der Waals surface area contributed by atoms with Gasteiger partial charge in [-0.2, -0.15) is 0 Å². The molecule has 5 heteroatoms. The standard InChI is InChI=1S/C20H21NO4/c1-24-19(22)17-12-16(17)18(15-10-6-3-7-11-15)21-20(23)25-13-14-8-4-2-5-9-14/h2-11,16-18H,12-13H2,1H3,(H,21,23)/t16-,17+,18-/m0/s1. The number of amides is 1. The predicted octanol–water partition coefficient (Wildman–Crippen LogP) is 3.46. The van der Waals surface area contributed by atoms with Crippen molar-refractivity contribution < 1.29 is 19.1 Å². The third-order valence-electron chi connectivity index (χ3n) is 4.42. The summed E-state index contributed by atoms with van der Waals surface area (Å²) < 4.78 is 10.1. The molecule has 5 nitrogen and oxygen atoms in total. The van der Waals surface area contributed by atoms with Crippen molar-refractivity contribution in [2.24, 2.45) is 11.8 Å². The lowest BCUT2D eigenvalue weighted by Crippen LogP contribution is -2.31. The minimum atomic E-state index is -0.492. The van der Waals surface area contributed by atoms with Crippen molar-refractivity contribution in [3.63, 3.8) is 0 Å². The molecule has 1 aliphatic carbocycles. The summed E-state index contributed by atoms with van der Waals surface area (Å²) in [5, 5.41) is 2.91. The Bertz CT molecular complexity index is 717. The maximum Gasteiger partial charge on any atom is 0.407 e. The second kappa shape index (κ2) is 7.83. The van der Waals surface area contributed by atoms with Crippen molar-refractivity contribution in [3.05, 3.63) is 71.8 Å². The normalized spacial score (nSPS) is 19.6. The first-order chi connectivity index (χ1) is 12.2. The molecule has 1 aliphatic rings. The molecule has 1 saturated carbocycles. The summed E-state index contributed by atoms with van der Waals surface area (Å²) in [7, 11) is 1.39. The van der Waals surface area contributed by atoms with Crippen LogP contribution in [0.4, 0.5) is 4.79 Å². The minimum absolute atomic E-state index is 0.0270. The Kier molecular flexibility index (Phi) is 5.33. The highest BCUT2D eigenvalue weighted by Crippen LogP contribution is 2.48. The number of hydrogen-bond donors (Lipinski definition) is 1. The maximum absolute atomic E-state index is 12.2. The minimum Gasteiger partial charge on any atom is -0.469 e. The second-order valence-corrected chi connectivity index (χ2v) is 6.12. The summed E-state index contributed by atoms with van der Waals surface area (Å²) in [6.45, 7) is 0.208. The van der Waals surface area contributed by atoms with Crippen molar-refractivity contribution >= 4 is 12.1 Å². The first-order valence-corrected chi connectivity index (χ1v) is 8.29. The monoisotopic (exact) mass is 339 g/mol. The van der Waals surface area contributed by atoms with Crippen LogP contribution in [0.5, 0.6) is 0 Å². The van der Waals surface area contributed by atoms with Crippen LogP contribution in [-0.2, 0) is 20.9 Å². The molecule has 1 fully saturated rings. The van der Waals surface area contributed by atoms with E-state index in [0.717, 1.165) is 11.1 Å². The van der Waals surface area contributed by atoms with Crippen LogP contribution in [0.25, 0.3) is 0 Å². The number of esters is 1. The zero-order valence-corrected chi connectivity index (χ0v) is 14.1. The van der Waals surface area contributed by atoms with Crippen molar-refractivity contribution in [2.75, 3.05) is 7.11 Å². The van der Waals surface area contributed by atoms with E-state index in [0.29, 0.717) is 6.42 Å². The molecular weight excluding hydrogens is 318 g/mol. The molecule has 3 atom stereocenters. The number of hydrogen-bond acceptors (Lipinski definition) is 4. The molecule has 0 aliphatic heterocycles. The van der Waals surface area contributed by atoms with E-state index < -0.39 is 6.09 Å². The van der Waals surface area contributed by atoms with Gasteiger partial charge in [0, 0.05) is 0 Å². The van der Waals surface area contributed by atoms with Gasteiger partial charge >= 0.3 is 12.1 Å². The molecule has 0 radical (unpaired) electrons. The highest BCUT2D eigenvalue weighted by molar-refractivity contribution is 5.76. The van der Waals surface area contributed by atoms with Gasteiger partial charge < -0.3 is 14.8 Å². The summed E-state index contributed by atoms with van der Waals surface area (Å²) in [5.74, 6) is -0.380. The smallest absolute Gasteiger partial charge is 0.407 e.